The van der Waals surface area contributed by atoms with Crippen LogP contribution in [-0.2, 0) is 5.41 Å². The van der Waals surface area contributed by atoms with E-state index in [9.17, 15) is 0 Å². The molecule has 0 unspecified atom stereocenters. The Morgan fingerprint density at radius 1 is 0.328 bits per heavy atom. The molecule has 9 aromatic carbocycles. The third-order valence-corrected chi connectivity index (χ3v) is 17.7. The number of rotatable bonds is 5. The Hall–Kier alpha value is -7.20. The molecule has 3 heteroatoms. The summed E-state index contributed by atoms with van der Waals surface area (Å²) >= 11 is 0. The van der Waals surface area contributed by atoms with Crippen LogP contribution in [0.1, 0.15) is 22.3 Å². The first kappa shape index (κ1) is 33.0. The number of hydrogen-bond acceptors (Lipinski definition) is 1. The van der Waals surface area contributed by atoms with Crippen molar-refractivity contribution in [3.05, 3.63) is 253 Å². The van der Waals surface area contributed by atoms with Gasteiger partial charge in [0.25, 0.3) is 0 Å². The van der Waals surface area contributed by atoms with E-state index in [1.807, 2.05) is 0 Å². The minimum Gasteiger partial charge on any atom is -0.310 e. The molecule has 0 bridgehead atoms. The van der Waals surface area contributed by atoms with Crippen LogP contribution in [0.3, 0.4) is 0 Å². The second-order valence-corrected chi connectivity index (χ2v) is 19.4. The lowest BCUT2D eigenvalue weighted by atomic mass is 9.60. The van der Waals surface area contributed by atoms with Crippen molar-refractivity contribution in [1.82, 2.24) is 4.57 Å². The molecule has 1 spiro atoms. The molecule has 1 aromatic heterocycles. The van der Waals surface area contributed by atoms with E-state index in [1.165, 1.54) is 81.9 Å². The zero-order valence-corrected chi connectivity index (χ0v) is 32.8. The van der Waals surface area contributed by atoms with Gasteiger partial charge in [0.15, 0.2) is 8.07 Å². The molecule has 10 aromatic rings. The molecule has 58 heavy (non-hydrogen) atoms. The summed E-state index contributed by atoms with van der Waals surface area (Å²) in [4.78, 5) is 2.46. The normalized spacial score (nSPS) is 13.6. The van der Waals surface area contributed by atoms with Gasteiger partial charge in [-0.15, -0.1) is 0 Å². The van der Waals surface area contributed by atoms with Gasteiger partial charge in [0, 0.05) is 16.5 Å². The number of aromatic nitrogens is 1. The third kappa shape index (κ3) is 4.31. The van der Waals surface area contributed by atoms with Crippen molar-refractivity contribution >= 4 is 67.7 Å². The molecule has 2 aliphatic rings. The second-order valence-electron chi connectivity index (χ2n) is 15.6. The molecule has 0 atom stereocenters. The first-order valence-corrected chi connectivity index (χ1v) is 22.2. The van der Waals surface area contributed by atoms with Crippen LogP contribution in [0, 0.1) is 0 Å². The van der Waals surface area contributed by atoms with Gasteiger partial charge in [0.05, 0.1) is 33.5 Å². The average Bonchev–Trinajstić information content (AvgIpc) is 3.65. The predicted molar refractivity (Wildman–Crippen MR) is 245 cm³/mol. The van der Waals surface area contributed by atoms with Crippen molar-refractivity contribution in [3.8, 4) is 5.69 Å². The summed E-state index contributed by atoms with van der Waals surface area (Å²) in [6, 6.07) is 86.5. The van der Waals surface area contributed by atoms with Crippen molar-refractivity contribution in [2.75, 3.05) is 4.90 Å². The average molecular weight is 755 g/mol. The van der Waals surface area contributed by atoms with Gasteiger partial charge >= 0.3 is 0 Å². The molecule has 0 radical (unpaired) electrons. The highest BCUT2D eigenvalue weighted by molar-refractivity contribution is 7.19. The molecule has 0 saturated carbocycles. The Balaban J connectivity index is 1.27. The van der Waals surface area contributed by atoms with Crippen LogP contribution in [0.4, 0.5) is 17.1 Å². The third-order valence-electron chi connectivity index (χ3n) is 12.9. The summed E-state index contributed by atoms with van der Waals surface area (Å²) in [5.74, 6) is 0. The molecular formula is C55H38N2Si. The van der Waals surface area contributed by atoms with E-state index < -0.39 is 13.5 Å². The van der Waals surface area contributed by atoms with Gasteiger partial charge in [-0.05, 0) is 79.4 Å². The Labute approximate surface area is 339 Å². The Morgan fingerprint density at radius 2 is 0.793 bits per heavy atom. The number of nitrogens with zero attached hydrogens (tertiary/aromatic N) is 2. The molecule has 2 nitrogen and oxygen atoms in total. The largest absolute Gasteiger partial charge is 0.310 e. The van der Waals surface area contributed by atoms with Gasteiger partial charge < -0.3 is 9.47 Å². The zero-order valence-electron chi connectivity index (χ0n) is 31.8. The fourth-order valence-corrected chi connectivity index (χ4v) is 15.5. The van der Waals surface area contributed by atoms with Crippen molar-refractivity contribution in [2.24, 2.45) is 0 Å². The summed E-state index contributed by atoms with van der Waals surface area (Å²) in [6.07, 6.45) is 0. The molecule has 0 saturated heterocycles. The maximum atomic E-state index is 2.60. The number of fused-ring (bicyclic) bond motifs is 11. The van der Waals surface area contributed by atoms with Gasteiger partial charge in [0.1, 0.15) is 0 Å². The maximum absolute atomic E-state index is 2.86. The van der Waals surface area contributed by atoms with Gasteiger partial charge in [-0.1, -0.05) is 194 Å². The minimum absolute atomic E-state index is 0.604. The predicted octanol–water partition coefficient (Wildman–Crippen LogP) is 10.6. The van der Waals surface area contributed by atoms with Crippen molar-refractivity contribution in [3.63, 3.8) is 0 Å². The van der Waals surface area contributed by atoms with E-state index in [0.29, 0.717) is 0 Å². The van der Waals surface area contributed by atoms with Crippen LogP contribution in [0.5, 0.6) is 0 Å². The van der Waals surface area contributed by atoms with Crippen LogP contribution in [0.25, 0.3) is 27.5 Å². The molecular weight excluding hydrogens is 717 g/mol. The number of anilines is 3. The van der Waals surface area contributed by atoms with Crippen LogP contribution >= 0.6 is 0 Å². The molecule has 3 heterocycles. The molecule has 0 amide bonds. The smallest absolute Gasteiger partial charge is 0.179 e. The first-order valence-electron chi connectivity index (χ1n) is 20.2. The van der Waals surface area contributed by atoms with Gasteiger partial charge in [0.2, 0.25) is 0 Å². The topological polar surface area (TPSA) is 8.17 Å². The van der Waals surface area contributed by atoms with Gasteiger partial charge in [-0.2, -0.15) is 0 Å². The highest BCUT2D eigenvalue weighted by atomic mass is 28.3. The lowest BCUT2D eigenvalue weighted by Gasteiger charge is -2.49. The SMILES string of the molecule is c1ccc(N2c3ccccc3C3(c4ccccc42)c2ccc([Si](c4ccccc4)(c4ccccc4)c4ccccc4)cc2-n2c4ccccc4c4cccc3c42)cc1. The fourth-order valence-electron chi connectivity index (χ4n) is 10.7. The van der Waals surface area contributed by atoms with Crippen LogP contribution in [-0.4, -0.2) is 12.6 Å². The molecule has 0 fully saturated rings. The highest BCUT2D eigenvalue weighted by Crippen LogP contribution is 2.61. The maximum Gasteiger partial charge on any atom is 0.179 e. The molecule has 0 aliphatic carbocycles. The minimum atomic E-state index is -2.86. The fraction of sp³-hybridized carbons (Fsp3) is 0.0182. The number of benzene rings is 9. The zero-order chi connectivity index (χ0) is 38.3. The molecule has 272 valence electrons. The number of hydrogen-bond donors (Lipinski definition) is 0. The lowest BCUT2D eigenvalue weighted by molar-refractivity contribution is 0.716. The molecule has 0 N–H and O–H groups in total. The van der Waals surface area contributed by atoms with E-state index in [0.717, 1.165) is 5.69 Å². The van der Waals surface area contributed by atoms with E-state index in [-0.39, 0.29) is 0 Å². The first-order chi connectivity index (χ1) is 28.8. The van der Waals surface area contributed by atoms with Crippen LogP contribution < -0.4 is 25.6 Å². The monoisotopic (exact) mass is 754 g/mol. The second kappa shape index (κ2) is 12.7. The highest BCUT2D eigenvalue weighted by Gasteiger charge is 2.52. The van der Waals surface area contributed by atoms with Gasteiger partial charge in [-0.25, -0.2) is 0 Å². The summed E-state index contributed by atoms with van der Waals surface area (Å²) in [5, 5.41) is 8.02. The quantitative estimate of drug-likeness (QED) is 0.125. The molecule has 2 aliphatic heterocycles. The lowest BCUT2D eigenvalue weighted by Crippen LogP contribution is -2.74. The summed E-state index contributed by atoms with van der Waals surface area (Å²) in [6.45, 7) is 0. The van der Waals surface area contributed by atoms with E-state index >= 15 is 0 Å². The Kier molecular flexibility index (Phi) is 7.20. The van der Waals surface area contributed by atoms with Crippen LogP contribution in [0.15, 0.2) is 231 Å². The van der Waals surface area contributed by atoms with E-state index in [1.54, 1.807) is 0 Å². The van der Waals surface area contributed by atoms with Crippen molar-refractivity contribution in [1.29, 1.82) is 0 Å². The standard InChI is InChI=1S/C55H38N2Si/c1-5-20-39(21-6-1)56-51-34-17-14-30-46(51)55(47-31-15-18-35-52(47)56)48-37-36-43(38-53(48)57-50-33-16-13-28-44(50)45-29-19-32-49(55)54(45)57)58(40-22-7-2-8-23-40,41-24-9-3-10-25-41)42-26-11-4-12-27-42/h1-38H. The summed E-state index contributed by atoms with van der Waals surface area (Å²) in [7, 11) is -2.86. The van der Waals surface area contributed by atoms with E-state index in [2.05, 4.69) is 240 Å². The van der Waals surface area contributed by atoms with E-state index in [4.69, 9.17) is 0 Å². The summed E-state index contributed by atoms with van der Waals surface area (Å²) < 4.78 is 2.60. The Bertz CT molecular complexity index is 3030. The summed E-state index contributed by atoms with van der Waals surface area (Å²) in [5.41, 5.74) is 11.9. The Morgan fingerprint density at radius 3 is 1.40 bits per heavy atom. The molecule has 12 rings (SSSR count). The van der Waals surface area contributed by atoms with Crippen molar-refractivity contribution < 1.29 is 0 Å². The van der Waals surface area contributed by atoms with Crippen LogP contribution in [0.2, 0.25) is 0 Å². The van der Waals surface area contributed by atoms with Gasteiger partial charge in [-0.3, -0.25) is 0 Å². The number of para-hydroxylation sites is 5. The van der Waals surface area contributed by atoms with Crippen molar-refractivity contribution in [2.45, 2.75) is 5.41 Å².